The second kappa shape index (κ2) is 6.59. The number of carbonyl (C=O) groups excluding carboxylic acids is 2. The summed E-state index contributed by atoms with van der Waals surface area (Å²) in [6.07, 6.45) is 2.27. The van der Waals surface area contributed by atoms with Crippen molar-refractivity contribution >= 4 is 34.1 Å². The fraction of sp³-hybridized carbons (Fsp3) is 0.190. The maximum atomic E-state index is 12.5. The van der Waals surface area contributed by atoms with E-state index in [1.54, 1.807) is 6.20 Å². The number of rotatable bonds is 4. The molecular formula is C21H19N3O2. The lowest BCUT2D eigenvalue weighted by molar-refractivity contribution is -0.122. The van der Waals surface area contributed by atoms with Crippen LogP contribution in [-0.4, -0.2) is 16.8 Å². The van der Waals surface area contributed by atoms with Gasteiger partial charge in [-0.2, -0.15) is 0 Å². The molecule has 1 aliphatic rings. The van der Waals surface area contributed by atoms with Crippen molar-refractivity contribution < 1.29 is 9.59 Å². The molecule has 4 rings (SSSR count). The van der Waals surface area contributed by atoms with Crippen molar-refractivity contribution in [3.8, 4) is 0 Å². The Hall–Kier alpha value is -3.21. The number of anilines is 2. The number of pyridine rings is 1. The molecule has 0 aliphatic heterocycles. The Labute approximate surface area is 151 Å². The molecule has 2 N–H and O–H groups in total. The molecule has 1 saturated carbocycles. The van der Waals surface area contributed by atoms with Crippen molar-refractivity contribution in [2.45, 2.75) is 13.3 Å². The summed E-state index contributed by atoms with van der Waals surface area (Å²) in [7, 11) is 0. The Morgan fingerprint density at radius 1 is 0.885 bits per heavy atom. The normalized spacial score (nSPS) is 18.3. The van der Waals surface area contributed by atoms with Crippen LogP contribution in [0.3, 0.4) is 0 Å². The van der Waals surface area contributed by atoms with Crippen molar-refractivity contribution in [1.82, 2.24) is 4.98 Å². The molecule has 0 radical (unpaired) electrons. The monoisotopic (exact) mass is 345 g/mol. The fourth-order valence-corrected chi connectivity index (χ4v) is 3.14. The molecule has 2 amide bonds. The number of benzene rings is 2. The van der Waals surface area contributed by atoms with E-state index in [1.807, 2.05) is 61.5 Å². The van der Waals surface area contributed by atoms with E-state index in [-0.39, 0.29) is 23.7 Å². The van der Waals surface area contributed by atoms with Crippen LogP contribution in [0.2, 0.25) is 0 Å². The smallest absolute Gasteiger partial charge is 0.228 e. The highest BCUT2D eigenvalue weighted by molar-refractivity contribution is 6.06. The molecule has 0 spiro atoms. The summed E-state index contributed by atoms with van der Waals surface area (Å²) in [6.45, 7) is 1.94. The van der Waals surface area contributed by atoms with Gasteiger partial charge >= 0.3 is 0 Å². The first-order valence-electron chi connectivity index (χ1n) is 8.64. The van der Waals surface area contributed by atoms with E-state index >= 15 is 0 Å². The minimum Gasteiger partial charge on any atom is -0.326 e. The van der Waals surface area contributed by atoms with E-state index in [9.17, 15) is 9.59 Å². The quantitative estimate of drug-likeness (QED) is 0.756. The molecule has 130 valence electrons. The van der Waals surface area contributed by atoms with E-state index in [2.05, 4.69) is 15.6 Å². The number of fused-ring (bicyclic) bond motifs is 1. The zero-order valence-electron chi connectivity index (χ0n) is 14.4. The standard InChI is InChI=1S/C21H19N3O2/c1-13-6-2-3-9-17(13)23-20(25)15-12-16(15)21(26)24-18-10-4-7-14-8-5-11-22-19(14)18/h2-11,15-16H,12H2,1H3,(H,23,25)(H,24,26). The summed E-state index contributed by atoms with van der Waals surface area (Å²) in [6, 6.07) is 17.1. The molecule has 3 aromatic rings. The van der Waals surface area contributed by atoms with E-state index in [1.165, 1.54) is 0 Å². The third-order valence-corrected chi connectivity index (χ3v) is 4.76. The Bertz CT molecular complexity index is 994. The topological polar surface area (TPSA) is 71.1 Å². The number of carbonyl (C=O) groups is 2. The van der Waals surface area contributed by atoms with Gasteiger partial charge in [0, 0.05) is 17.3 Å². The van der Waals surface area contributed by atoms with Gasteiger partial charge in [-0.3, -0.25) is 14.6 Å². The van der Waals surface area contributed by atoms with Crippen LogP contribution in [0.4, 0.5) is 11.4 Å². The summed E-state index contributed by atoms with van der Waals surface area (Å²) in [5.74, 6) is -0.806. The van der Waals surface area contributed by atoms with Gasteiger partial charge in [0.25, 0.3) is 0 Å². The van der Waals surface area contributed by atoms with Gasteiger partial charge in [-0.15, -0.1) is 0 Å². The number of hydrogen-bond donors (Lipinski definition) is 2. The lowest BCUT2D eigenvalue weighted by atomic mass is 10.1. The molecule has 0 saturated heterocycles. The molecule has 5 nitrogen and oxygen atoms in total. The molecule has 1 aliphatic carbocycles. The zero-order valence-corrected chi connectivity index (χ0v) is 14.4. The van der Waals surface area contributed by atoms with Gasteiger partial charge in [-0.1, -0.05) is 36.4 Å². The van der Waals surface area contributed by atoms with Gasteiger partial charge < -0.3 is 10.6 Å². The summed E-state index contributed by atoms with van der Waals surface area (Å²) >= 11 is 0. The molecule has 2 atom stereocenters. The third-order valence-electron chi connectivity index (χ3n) is 4.76. The lowest BCUT2D eigenvalue weighted by Crippen LogP contribution is -2.21. The second-order valence-electron chi connectivity index (χ2n) is 6.62. The SMILES string of the molecule is Cc1ccccc1NC(=O)C1CC1C(=O)Nc1cccc2cccnc12. The van der Waals surface area contributed by atoms with Crippen LogP contribution in [0.5, 0.6) is 0 Å². The van der Waals surface area contributed by atoms with Gasteiger partial charge in [-0.05, 0) is 37.1 Å². The fourth-order valence-electron chi connectivity index (χ4n) is 3.14. The van der Waals surface area contributed by atoms with Crippen LogP contribution in [0.25, 0.3) is 10.9 Å². The summed E-state index contributed by atoms with van der Waals surface area (Å²) in [4.78, 5) is 29.3. The van der Waals surface area contributed by atoms with E-state index in [0.29, 0.717) is 12.1 Å². The van der Waals surface area contributed by atoms with Gasteiger partial charge in [0.2, 0.25) is 11.8 Å². The Morgan fingerprint density at radius 2 is 1.54 bits per heavy atom. The molecule has 1 heterocycles. The van der Waals surface area contributed by atoms with Crippen molar-refractivity contribution in [2.75, 3.05) is 10.6 Å². The highest BCUT2D eigenvalue weighted by atomic mass is 16.2. The molecule has 26 heavy (non-hydrogen) atoms. The maximum Gasteiger partial charge on any atom is 0.228 e. The predicted octanol–water partition coefficient (Wildman–Crippen LogP) is 3.76. The van der Waals surface area contributed by atoms with Gasteiger partial charge in [0.15, 0.2) is 0 Å². The summed E-state index contributed by atoms with van der Waals surface area (Å²) < 4.78 is 0. The molecular weight excluding hydrogens is 326 g/mol. The average Bonchev–Trinajstić information content (AvgIpc) is 3.45. The van der Waals surface area contributed by atoms with E-state index < -0.39 is 0 Å². The second-order valence-corrected chi connectivity index (χ2v) is 6.62. The molecule has 1 fully saturated rings. The summed E-state index contributed by atoms with van der Waals surface area (Å²) in [5.41, 5.74) is 3.23. The van der Waals surface area contributed by atoms with Crippen molar-refractivity contribution in [3.05, 3.63) is 66.4 Å². The molecule has 1 aromatic heterocycles. The Morgan fingerprint density at radius 3 is 2.31 bits per heavy atom. The largest absolute Gasteiger partial charge is 0.326 e. The minimum absolute atomic E-state index is 0.101. The van der Waals surface area contributed by atoms with Crippen LogP contribution in [0, 0.1) is 18.8 Å². The summed E-state index contributed by atoms with van der Waals surface area (Å²) in [5, 5.41) is 6.81. The van der Waals surface area contributed by atoms with Crippen molar-refractivity contribution in [3.63, 3.8) is 0 Å². The van der Waals surface area contributed by atoms with Crippen LogP contribution >= 0.6 is 0 Å². The van der Waals surface area contributed by atoms with Crippen LogP contribution in [0.1, 0.15) is 12.0 Å². The van der Waals surface area contributed by atoms with E-state index in [0.717, 1.165) is 22.2 Å². The molecule has 0 bridgehead atoms. The molecule has 2 aromatic carbocycles. The number of aromatic nitrogens is 1. The number of hydrogen-bond acceptors (Lipinski definition) is 3. The number of para-hydroxylation sites is 2. The lowest BCUT2D eigenvalue weighted by Gasteiger charge is -2.09. The van der Waals surface area contributed by atoms with Gasteiger partial charge in [0.1, 0.15) is 0 Å². The minimum atomic E-state index is -0.294. The number of nitrogens with one attached hydrogen (secondary N) is 2. The van der Waals surface area contributed by atoms with Crippen LogP contribution in [0.15, 0.2) is 60.8 Å². The zero-order chi connectivity index (χ0) is 18.1. The average molecular weight is 345 g/mol. The highest BCUT2D eigenvalue weighted by Gasteiger charge is 2.48. The number of amides is 2. The molecule has 2 unspecified atom stereocenters. The Kier molecular flexibility index (Phi) is 4.13. The molecule has 5 heteroatoms. The predicted molar refractivity (Wildman–Crippen MR) is 102 cm³/mol. The number of aryl methyl sites for hydroxylation is 1. The first-order chi connectivity index (χ1) is 12.6. The van der Waals surface area contributed by atoms with Crippen LogP contribution in [-0.2, 0) is 9.59 Å². The van der Waals surface area contributed by atoms with Crippen LogP contribution < -0.4 is 10.6 Å². The first-order valence-corrected chi connectivity index (χ1v) is 8.64. The van der Waals surface area contributed by atoms with Crippen molar-refractivity contribution in [2.24, 2.45) is 11.8 Å². The van der Waals surface area contributed by atoms with Gasteiger partial charge in [0.05, 0.1) is 23.0 Å². The Balaban J connectivity index is 1.42. The van der Waals surface area contributed by atoms with Crippen molar-refractivity contribution in [1.29, 1.82) is 0 Å². The van der Waals surface area contributed by atoms with E-state index in [4.69, 9.17) is 0 Å². The van der Waals surface area contributed by atoms with Gasteiger partial charge in [-0.25, -0.2) is 0 Å². The maximum absolute atomic E-state index is 12.5. The number of nitrogens with zero attached hydrogens (tertiary/aromatic N) is 1. The highest BCUT2D eigenvalue weighted by Crippen LogP contribution is 2.40. The third kappa shape index (κ3) is 3.16. The first kappa shape index (κ1) is 16.3.